The lowest BCUT2D eigenvalue weighted by molar-refractivity contribution is -0.142. The second-order valence-electron chi connectivity index (χ2n) is 20.9. The lowest BCUT2D eigenvalue weighted by Crippen LogP contribution is -2.60. The van der Waals surface area contributed by atoms with E-state index in [4.69, 9.17) is 14.2 Å². The van der Waals surface area contributed by atoms with Crippen LogP contribution in [0.5, 0.6) is 5.75 Å². The van der Waals surface area contributed by atoms with E-state index < -0.39 is 67.5 Å². The summed E-state index contributed by atoms with van der Waals surface area (Å²) in [5.41, 5.74) is -0.883. The van der Waals surface area contributed by atoms with Gasteiger partial charge in [-0.3, -0.25) is 23.9 Å². The van der Waals surface area contributed by atoms with Crippen molar-refractivity contribution in [1.82, 2.24) is 30.1 Å². The Labute approximate surface area is 382 Å². The fourth-order valence-corrected chi connectivity index (χ4v) is 11.6. The Hall–Kier alpha value is -4.48. The zero-order valence-corrected chi connectivity index (χ0v) is 39.4. The second kappa shape index (κ2) is 18.3. The molecular formula is C48H68N6O10S. The van der Waals surface area contributed by atoms with Crippen LogP contribution < -0.4 is 25.7 Å². The number of amides is 4. The molecular weight excluding hydrogens is 853 g/mol. The normalized spacial score (nSPS) is 29.6. The van der Waals surface area contributed by atoms with Crippen molar-refractivity contribution >= 4 is 44.7 Å². The zero-order chi connectivity index (χ0) is 46.5. The summed E-state index contributed by atoms with van der Waals surface area (Å²) in [5, 5.41) is 6.52. The van der Waals surface area contributed by atoms with Crippen LogP contribution in [-0.2, 0) is 40.3 Å². The number of sulfonamides is 1. The molecule has 1 aromatic heterocycles. The lowest BCUT2D eigenvalue weighted by Gasteiger charge is -2.46. The Morgan fingerprint density at radius 1 is 1.08 bits per heavy atom. The highest BCUT2D eigenvalue weighted by atomic mass is 32.2. The molecule has 4 N–H and O–H groups in total. The number of pyridine rings is 1. The first-order valence-corrected chi connectivity index (χ1v) is 25.3. The van der Waals surface area contributed by atoms with Gasteiger partial charge < -0.3 is 39.6 Å². The average Bonchev–Trinajstić information content (AvgIpc) is 4.22. The van der Waals surface area contributed by atoms with E-state index in [2.05, 4.69) is 38.7 Å². The molecule has 2 aromatic rings. The third-order valence-corrected chi connectivity index (χ3v) is 17.1. The molecule has 6 fully saturated rings. The Kier molecular flexibility index (Phi) is 13.2. The number of unbranched alkanes of at least 4 members (excludes halogenated alkanes) is 2. The van der Waals surface area contributed by atoms with Crippen molar-refractivity contribution in [2.24, 2.45) is 29.1 Å². The van der Waals surface area contributed by atoms with Crippen LogP contribution in [0.15, 0.2) is 41.7 Å². The number of rotatable bonds is 18. The number of benzene rings is 1. The third-order valence-electron chi connectivity index (χ3n) is 15.0. The number of nitrogens with zero attached hydrogens (tertiary/aromatic N) is 2. The van der Waals surface area contributed by atoms with Crippen LogP contribution in [0.4, 0.5) is 4.79 Å². The van der Waals surface area contributed by atoms with Gasteiger partial charge in [0.2, 0.25) is 21.8 Å². The maximum Gasteiger partial charge on any atom is 0.408 e. The second-order valence-corrected chi connectivity index (χ2v) is 23.1. The maximum absolute atomic E-state index is 14.2. The van der Waals surface area contributed by atoms with Crippen LogP contribution in [0.1, 0.15) is 104 Å². The van der Waals surface area contributed by atoms with E-state index in [1.807, 2.05) is 45.0 Å². The van der Waals surface area contributed by atoms with E-state index in [1.165, 1.54) is 11.0 Å². The number of carbonyl (C=O) groups excluding carboxylic acids is 4. The summed E-state index contributed by atoms with van der Waals surface area (Å²) < 4.78 is 45.6. The van der Waals surface area contributed by atoms with Crippen LogP contribution in [0.3, 0.4) is 0 Å². The fraction of sp³-hybridized carbons (Fsp3) is 0.688. The van der Waals surface area contributed by atoms with Gasteiger partial charge in [0.05, 0.1) is 29.0 Å². The van der Waals surface area contributed by atoms with Crippen molar-refractivity contribution in [3.8, 4) is 5.75 Å². The molecule has 0 radical (unpaired) electrons. The number of aromatic nitrogens is 1. The summed E-state index contributed by atoms with van der Waals surface area (Å²) in [7, 11) is -3.94. The van der Waals surface area contributed by atoms with Gasteiger partial charge in [-0.05, 0) is 94.7 Å². The third kappa shape index (κ3) is 9.83. The van der Waals surface area contributed by atoms with E-state index >= 15 is 0 Å². The van der Waals surface area contributed by atoms with Gasteiger partial charge in [0.25, 0.3) is 11.5 Å². The number of H-pyrrole nitrogens is 1. The predicted molar refractivity (Wildman–Crippen MR) is 244 cm³/mol. The molecule has 3 saturated heterocycles. The number of hydrogen-bond donors (Lipinski definition) is 4. The minimum Gasteiger partial charge on any atom is -0.488 e. The van der Waals surface area contributed by atoms with Gasteiger partial charge >= 0.3 is 6.09 Å². The standard InChI is InChI=1S/C48H68N6O10S/c1-7-32-24-48(32,44(58)52-65(60,61)47(6)20-21-47)51-42(56)36-19-14-22-54(36)43(57)40(46(3,4)5)50-45(59)63-37-23-29(37)15-10-9-11-17-34-39(33-16-12-13-18-35(33)49-41(34)55)64-38-30-25-53(8-2)26-31(38)28-62-27-30/h7,12-13,16,18,29-32,36-38,40H,1,8-11,14-15,17,19-28H2,2-6H3,(H,49,55)(H,50,59)(H,51,56)(H,52,58)/t29?,30?,31?,32?,36-,37?,38?,40+,48?/m0/s1. The first kappa shape index (κ1) is 47.0. The number of fused-ring (bicyclic) bond motifs is 3. The molecule has 4 heterocycles. The summed E-state index contributed by atoms with van der Waals surface area (Å²) in [4.78, 5) is 75.3. The molecule has 3 saturated carbocycles. The van der Waals surface area contributed by atoms with Crippen LogP contribution in [0.25, 0.3) is 10.9 Å². The number of carbonyl (C=O) groups is 4. The summed E-state index contributed by atoms with van der Waals surface area (Å²) in [6.45, 7) is 17.4. The first-order valence-electron chi connectivity index (χ1n) is 23.8. The van der Waals surface area contributed by atoms with Gasteiger partial charge in [0, 0.05) is 42.8 Å². The van der Waals surface area contributed by atoms with Crippen molar-refractivity contribution in [1.29, 1.82) is 0 Å². The molecule has 4 amide bonds. The molecule has 65 heavy (non-hydrogen) atoms. The highest BCUT2D eigenvalue weighted by Gasteiger charge is 2.63. The summed E-state index contributed by atoms with van der Waals surface area (Å²) in [5.74, 6) is -0.892. The minimum atomic E-state index is -3.94. The molecule has 17 heteroatoms. The van der Waals surface area contributed by atoms with E-state index in [0.717, 1.165) is 62.6 Å². The van der Waals surface area contributed by atoms with Crippen molar-refractivity contribution in [3.63, 3.8) is 0 Å². The van der Waals surface area contributed by atoms with Crippen LogP contribution in [-0.4, -0.2) is 121 Å². The van der Waals surface area contributed by atoms with Crippen LogP contribution in [0, 0.1) is 29.1 Å². The average molecular weight is 921 g/mol. The van der Waals surface area contributed by atoms with E-state index in [0.29, 0.717) is 56.6 Å². The number of hydrogen-bond acceptors (Lipinski definition) is 11. The van der Waals surface area contributed by atoms with Gasteiger partial charge in [-0.25, -0.2) is 13.2 Å². The largest absolute Gasteiger partial charge is 0.488 e. The molecule has 16 nitrogen and oxygen atoms in total. The molecule has 6 aliphatic rings. The molecule has 6 unspecified atom stereocenters. The predicted octanol–water partition coefficient (Wildman–Crippen LogP) is 4.56. The van der Waals surface area contributed by atoms with E-state index in [-0.39, 0.29) is 48.5 Å². The quantitative estimate of drug-likeness (QED) is 0.121. The molecule has 1 aromatic carbocycles. The Balaban J connectivity index is 0.820. The van der Waals surface area contributed by atoms with Gasteiger partial charge in [-0.1, -0.05) is 58.7 Å². The smallest absolute Gasteiger partial charge is 0.408 e. The molecule has 8 rings (SSSR count). The fourth-order valence-electron chi connectivity index (χ4n) is 10.3. The molecule has 0 spiro atoms. The summed E-state index contributed by atoms with van der Waals surface area (Å²) in [6, 6.07) is 5.91. The molecule has 8 atom stereocenters. The van der Waals surface area contributed by atoms with Crippen molar-refractivity contribution < 1.29 is 41.8 Å². The minimum absolute atomic E-state index is 0.0157. The number of alkyl carbamates (subject to hydrolysis) is 1. The molecule has 3 aliphatic heterocycles. The Morgan fingerprint density at radius 2 is 1.80 bits per heavy atom. The van der Waals surface area contributed by atoms with Crippen LogP contribution in [0.2, 0.25) is 0 Å². The van der Waals surface area contributed by atoms with E-state index in [1.54, 1.807) is 6.92 Å². The monoisotopic (exact) mass is 920 g/mol. The molecule has 356 valence electrons. The van der Waals surface area contributed by atoms with Gasteiger partial charge in [0.1, 0.15) is 35.6 Å². The van der Waals surface area contributed by atoms with Crippen molar-refractivity contribution in [3.05, 3.63) is 52.8 Å². The number of nitrogens with one attached hydrogen (secondary N) is 4. The van der Waals surface area contributed by atoms with Crippen molar-refractivity contribution in [2.45, 2.75) is 140 Å². The van der Waals surface area contributed by atoms with Crippen LogP contribution >= 0.6 is 0 Å². The SMILES string of the molecule is C=CC1CC1(NC(=O)[C@@H]1CCCN1C(=O)[C@@H](NC(=O)OC1CC1CCCCCc1c(OC2C3COCC2CN(CC)C3)c2ccccc2[nH]c1=O)C(C)(C)C)C(=O)NS(=O)(=O)C1(C)CC1. The van der Waals surface area contributed by atoms with Gasteiger partial charge in [-0.15, -0.1) is 6.58 Å². The molecule has 3 aliphatic carbocycles. The number of likely N-dealkylation sites (tertiary alicyclic amines) is 2. The van der Waals surface area contributed by atoms with Gasteiger partial charge in [0.15, 0.2) is 0 Å². The Bertz CT molecular complexity index is 2330. The van der Waals surface area contributed by atoms with Crippen molar-refractivity contribution in [2.75, 3.05) is 39.4 Å². The molecule has 2 bridgehead atoms. The summed E-state index contributed by atoms with van der Waals surface area (Å²) >= 11 is 0. The number of piperidine rings is 1. The maximum atomic E-state index is 14.2. The Morgan fingerprint density at radius 3 is 2.46 bits per heavy atom. The highest BCUT2D eigenvalue weighted by Crippen LogP contribution is 2.47. The first-order chi connectivity index (χ1) is 30.9. The topological polar surface area (TPSA) is 206 Å². The lowest BCUT2D eigenvalue weighted by atomic mass is 9.84. The summed E-state index contributed by atoms with van der Waals surface area (Å²) in [6.07, 6.45) is 7.27. The number of para-hydroxylation sites is 1. The number of ether oxygens (including phenoxy) is 3. The van der Waals surface area contributed by atoms with Gasteiger partial charge in [-0.2, -0.15) is 0 Å². The highest BCUT2D eigenvalue weighted by molar-refractivity contribution is 7.91. The van der Waals surface area contributed by atoms with E-state index in [9.17, 15) is 32.4 Å². The number of aromatic amines is 1. The zero-order valence-electron chi connectivity index (χ0n) is 38.6.